The van der Waals surface area contributed by atoms with Crippen molar-refractivity contribution in [2.75, 3.05) is 5.75 Å². The molecule has 9 nitrogen and oxygen atoms in total. The molecule has 30 heavy (non-hydrogen) atoms. The second-order valence-electron chi connectivity index (χ2n) is 8.42. The molecule has 5 atom stereocenters. The van der Waals surface area contributed by atoms with E-state index in [1.54, 1.807) is 20.8 Å². The van der Waals surface area contributed by atoms with E-state index in [0.29, 0.717) is 12.8 Å². The first kappa shape index (κ1) is 28.2. The maximum atomic E-state index is 12.9. The number of thiol groups is 1. The highest BCUT2D eigenvalue weighted by atomic mass is 32.1. The van der Waals surface area contributed by atoms with E-state index in [4.69, 9.17) is 5.73 Å². The third kappa shape index (κ3) is 9.34. The van der Waals surface area contributed by atoms with E-state index >= 15 is 0 Å². The van der Waals surface area contributed by atoms with Crippen LogP contribution < -0.4 is 21.7 Å². The van der Waals surface area contributed by atoms with Crippen LogP contribution in [0.15, 0.2) is 0 Å². The van der Waals surface area contributed by atoms with Gasteiger partial charge in [0.1, 0.15) is 18.1 Å². The lowest BCUT2D eigenvalue weighted by molar-refractivity contribution is -0.144. The number of aliphatic carboxylic acids is 1. The average Bonchev–Trinajstić information content (AvgIpc) is 2.66. The SMILES string of the molecule is CCC(C)C(NC(=O)C(CC(C)C)NC(=O)C(N)CS)C(=O)NC(C(=O)O)C(C)C. The molecule has 0 spiro atoms. The Balaban J connectivity index is 5.52. The molecule has 10 heteroatoms. The fourth-order valence-electron chi connectivity index (χ4n) is 2.78. The van der Waals surface area contributed by atoms with Crippen LogP contribution in [0, 0.1) is 17.8 Å². The Morgan fingerprint density at radius 3 is 1.83 bits per heavy atom. The number of carbonyl (C=O) groups excluding carboxylic acids is 3. The molecule has 6 N–H and O–H groups in total. The lowest BCUT2D eigenvalue weighted by Crippen LogP contribution is -2.59. The molecule has 0 aliphatic rings. The summed E-state index contributed by atoms with van der Waals surface area (Å²) in [6.07, 6.45) is 0.943. The summed E-state index contributed by atoms with van der Waals surface area (Å²) >= 11 is 4.00. The lowest BCUT2D eigenvalue weighted by atomic mass is 9.95. The van der Waals surface area contributed by atoms with Crippen LogP contribution in [0.1, 0.15) is 54.4 Å². The van der Waals surface area contributed by atoms with Gasteiger partial charge in [-0.1, -0.05) is 48.0 Å². The third-order valence-electron chi connectivity index (χ3n) is 4.90. The Labute approximate surface area is 184 Å². The van der Waals surface area contributed by atoms with Crippen molar-refractivity contribution in [2.45, 2.75) is 78.6 Å². The number of nitrogens with two attached hydrogens (primary N) is 1. The molecule has 0 aromatic heterocycles. The summed E-state index contributed by atoms with van der Waals surface area (Å²) in [6, 6.07) is -3.73. The van der Waals surface area contributed by atoms with E-state index in [0.717, 1.165) is 0 Å². The van der Waals surface area contributed by atoms with Crippen molar-refractivity contribution in [3.63, 3.8) is 0 Å². The van der Waals surface area contributed by atoms with Gasteiger partial charge < -0.3 is 26.8 Å². The minimum atomic E-state index is -1.14. The first-order valence-corrected chi connectivity index (χ1v) is 11.0. The third-order valence-corrected chi connectivity index (χ3v) is 5.29. The molecule has 0 aromatic rings. The molecule has 0 aliphatic heterocycles. The topological polar surface area (TPSA) is 151 Å². The minimum Gasteiger partial charge on any atom is -0.480 e. The normalized spacial score (nSPS) is 16.3. The van der Waals surface area contributed by atoms with Crippen LogP contribution in [0.3, 0.4) is 0 Å². The second-order valence-corrected chi connectivity index (χ2v) is 8.79. The highest BCUT2D eigenvalue weighted by molar-refractivity contribution is 7.80. The molecule has 0 heterocycles. The number of hydrogen-bond acceptors (Lipinski definition) is 6. The summed E-state index contributed by atoms with van der Waals surface area (Å²) in [6.45, 7) is 10.9. The zero-order chi connectivity index (χ0) is 23.6. The fourth-order valence-corrected chi connectivity index (χ4v) is 2.94. The molecule has 0 aliphatic carbocycles. The zero-order valence-corrected chi connectivity index (χ0v) is 19.7. The van der Waals surface area contributed by atoms with Gasteiger partial charge in [0.25, 0.3) is 0 Å². The summed E-state index contributed by atoms with van der Waals surface area (Å²) in [5, 5.41) is 17.2. The number of carbonyl (C=O) groups is 4. The van der Waals surface area contributed by atoms with Gasteiger partial charge >= 0.3 is 5.97 Å². The van der Waals surface area contributed by atoms with Crippen molar-refractivity contribution >= 4 is 36.3 Å². The molecule has 0 saturated heterocycles. The van der Waals surface area contributed by atoms with E-state index in [2.05, 4.69) is 28.6 Å². The summed E-state index contributed by atoms with van der Waals surface area (Å²) < 4.78 is 0. The predicted octanol–water partition coefficient (Wildman–Crippen LogP) is 0.531. The van der Waals surface area contributed by atoms with Gasteiger partial charge in [0.05, 0.1) is 6.04 Å². The van der Waals surface area contributed by atoms with E-state index in [9.17, 15) is 24.3 Å². The van der Waals surface area contributed by atoms with Crippen LogP contribution in [0.4, 0.5) is 0 Å². The molecule has 0 fully saturated rings. The van der Waals surface area contributed by atoms with Crippen molar-refractivity contribution in [3.05, 3.63) is 0 Å². The van der Waals surface area contributed by atoms with Gasteiger partial charge in [-0.3, -0.25) is 14.4 Å². The molecule has 0 aromatic carbocycles. The van der Waals surface area contributed by atoms with Crippen LogP contribution in [0.25, 0.3) is 0 Å². The minimum absolute atomic E-state index is 0.0986. The van der Waals surface area contributed by atoms with Crippen molar-refractivity contribution in [1.82, 2.24) is 16.0 Å². The summed E-state index contributed by atoms with van der Waals surface area (Å²) in [5.41, 5.74) is 5.69. The number of carboxylic acid groups (broad SMARTS) is 1. The van der Waals surface area contributed by atoms with Crippen molar-refractivity contribution in [3.8, 4) is 0 Å². The van der Waals surface area contributed by atoms with E-state index in [1.807, 2.05) is 20.8 Å². The monoisotopic (exact) mass is 446 g/mol. The van der Waals surface area contributed by atoms with Crippen LogP contribution >= 0.6 is 12.6 Å². The Hall–Kier alpha value is -1.81. The van der Waals surface area contributed by atoms with Crippen LogP contribution in [0.2, 0.25) is 0 Å². The molecule has 0 rings (SSSR count). The van der Waals surface area contributed by atoms with E-state index in [1.165, 1.54) is 0 Å². The highest BCUT2D eigenvalue weighted by Gasteiger charge is 2.33. The Morgan fingerprint density at radius 1 is 0.900 bits per heavy atom. The maximum absolute atomic E-state index is 12.9. The first-order chi connectivity index (χ1) is 13.8. The smallest absolute Gasteiger partial charge is 0.326 e. The van der Waals surface area contributed by atoms with Crippen LogP contribution in [0.5, 0.6) is 0 Å². The number of hydrogen-bond donors (Lipinski definition) is 6. The highest BCUT2D eigenvalue weighted by Crippen LogP contribution is 2.12. The second kappa shape index (κ2) is 13.5. The fraction of sp³-hybridized carbons (Fsp3) is 0.800. The van der Waals surface area contributed by atoms with E-state index < -0.39 is 47.9 Å². The molecule has 174 valence electrons. The number of nitrogens with one attached hydrogen (secondary N) is 3. The molecular formula is C20H38N4O5S. The average molecular weight is 447 g/mol. The molecule has 5 unspecified atom stereocenters. The van der Waals surface area contributed by atoms with Crippen LogP contribution in [-0.2, 0) is 19.2 Å². The zero-order valence-electron chi connectivity index (χ0n) is 18.8. The first-order valence-electron chi connectivity index (χ1n) is 10.4. The van der Waals surface area contributed by atoms with Gasteiger partial charge in [0, 0.05) is 5.75 Å². The van der Waals surface area contributed by atoms with E-state index in [-0.39, 0.29) is 23.5 Å². The Morgan fingerprint density at radius 2 is 1.43 bits per heavy atom. The van der Waals surface area contributed by atoms with Gasteiger partial charge in [0.2, 0.25) is 17.7 Å². The number of carboxylic acids is 1. The summed E-state index contributed by atoms with van der Waals surface area (Å²) in [7, 11) is 0. The lowest BCUT2D eigenvalue weighted by Gasteiger charge is -2.29. The van der Waals surface area contributed by atoms with Crippen molar-refractivity contribution in [2.24, 2.45) is 23.5 Å². The molecule has 0 radical (unpaired) electrons. The molecular weight excluding hydrogens is 408 g/mol. The van der Waals surface area contributed by atoms with Gasteiger partial charge in [0.15, 0.2) is 0 Å². The Bertz CT molecular complexity index is 600. The predicted molar refractivity (Wildman–Crippen MR) is 119 cm³/mol. The van der Waals surface area contributed by atoms with Gasteiger partial charge in [-0.15, -0.1) is 0 Å². The Kier molecular flexibility index (Phi) is 12.7. The molecule has 3 amide bonds. The molecule has 0 bridgehead atoms. The summed E-state index contributed by atoms with van der Waals surface area (Å²) in [5.74, 6) is -3.06. The summed E-state index contributed by atoms with van der Waals surface area (Å²) in [4.78, 5) is 49.3. The standard InChI is InChI=1S/C20H38N4O5S/c1-7-12(6)16(19(27)23-15(11(4)5)20(28)29)24-18(26)14(8-10(2)3)22-17(25)13(21)9-30/h10-16,30H,7-9,21H2,1-6H3,(H,22,25)(H,23,27)(H,24,26)(H,28,29). The number of amides is 3. The van der Waals surface area contributed by atoms with Gasteiger partial charge in [-0.05, 0) is 24.2 Å². The van der Waals surface area contributed by atoms with Crippen molar-refractivity contribution < 1.29 is 24.3 Å². The maximum Gasteiger partial charge on any atom is 0.326 e. The number of rotatable bonds is 13. The quantitative estimate of drug-likeness (QED) is 0.227. The van der Waals surface area contributed by atoms with Gasteiger partial charge in [-0.2, -0.15) is 12.6 Å². The van der Waals surface area contributed by atoms with Gasteiger partial charge in [-0.25, -0.2) is 4.79 Å². The van der Waals surface area contributed by atoms with Crippen molar-refractivity contribution in [1.29, 1.82) is 0 Å². The van der Waals surface area contributed by atoms with Crippen LogP contribution in [-0.4, -0.2) is 58.7 Å². The largest absolute Gasteiger partial charge is 0.480 e. The molecule has 0 saturated carbocycles.